The molecule has 2 aromatic rings. The zero-order valence-electron chi connectivity index (χ0n) is 13.0. The van der Waals surface area contributed by atoms with Crippen molar-refractivity contribution < 1.29 is 32.6 Å². The van der Waals surface area contributed by atoms with Gasteiger partial charge >= 0.3 is 12.3 Å². The van der Waals surface area contributed by atoms with Crippen LogP contribution in [-0.2, 0) is 4.79 Å². The number of thiophene rings is 1. The maximum Gasteiger partial charge on any atom is 0.573 e. The molecule has 0 aliphatic rings. The van der Waals surface area contributed by atoms with Gasteiger partial charge in [-0.05, 0) is 41.6 Å². The summed E-state index contributed by atoms with van der Waals surface area (Å²) in [4.78, 5) is 23.8. The number of carboxylic acid groups (broad SMARTS) is 1. The number of amides is 1. The molecular formula is C16H14F3NO4S. The molecule has 0 spiro atoms. The smallest absolute Gasteiger partial charge is 0.481 e. The van der Waals surface area contributed by atoms with Crippen molar-refractivity contribution in [3.8, 4) is 5.75 Å². The summed E-state index contributed by atoms with van der Waals surface area (Å²) in [5.41, 5.74) is 1.12. The molecule has 0 saturated heterocycles. The van der Waals surface area contributed by atoms with Crippen molar-refractivity contribution >= 4 is 23.2 Å². The molecule has 2 rings (SSSR count). The molecule has 0 aliphatic carbocycles. The molecule has 1 amide bonds. The number of hydrogen-bond donors (Lipinski definition) is 2. The number of benzene rings is 1. The minimum absolute atomic E-state index is 0.361. The zero-order chi connectivity index (χ0) is 18.6. The summed E-state index contributed by atoms with van der Waals surface area (Å²) in [6, 6.07) is 5.59. The summed E-state index contributed by atoms with van der Waals surface area (Å²) in [5, 5.41) is 13.4. The van der Waals surface area contributed by atoms with Crippen LogP contribution in [0.2, 0.25) is 0 Å². The first-order valence-corrected chi connectivity index (χ1v) is 7.96. The van der Waals surface area contributed by atoms with Crippen molar-refractivity contribution in [1.29, 1.82) is 0 Å². The van der Waals surface area contributed by atoms with Gasteiger partial charge in [0.1, 0.15) is 5.75 Å². The highest BCUT2D eigenvalue weighted by Gasteiger charge is 2.31. The van der Waals surface area contributed by atoms with E-state index in [4.69, 9.17) is 5.11 Å². The second-order valence-corrected chi connectivity index (χ2v) is 6.09. The van der Waals surface area contributed by atoms with Crippen molar-refractivity contribution in [2.24, 2.45) is 0 Å². The van der Waals surface area contributed by atoms with E-state index in [1.807, 2.05) is 0 Å². The summed E-state index contributed by atoms with van der Waals surface area (Å²) in [7, 11) is 0. The Hall–Kier alpha value is -2.55. The van der Waals surface area contributed by atoms with Crippen molar-refractivity contribution in [1.82, 2.24) is 5.32 Å². The van der Waals surface area contributed by atoms with Gasteiger partial charge in [0.2, 0.25) is 0 Å². The Morgan fingerprint density at radius 3 is 2.36 bits per heavy atom. The number of carbonyl (C=O) groups is 2. The van der Waals surface area contributed by atoms with Crippen LogP contribution in [0.3, 0.4) is 0 Å². The average molecular weight is 373 g/mol. The number of carboxylic acids is 1. The first-order valence-electron chi connectivity index (χ1n) is 7.08. The fourth-order valence-corrected chi connectivity index (χ4v) is 2.99. The van der Waals surface area contributed by atoms with Crippen LogP contribution in [0.25, 0.3) is 0 Å². The molecule has 0 saturated carbocycles. The van der Waals surface area contributed by atoms with E-state index in [0.717, 1.165) is 17.7 Å². The van der Waals surface area contributed by atoms with E-state index in [9.17, 15) is 22.8 Å². The van der Waals surface area contributed by atoms with Gasteiger partial charge in [-0.2, -0.15) is 0 Å². The van der Waals surface area contributed by atoms with Crippen LogP contribution in [-0.4, -0.2) is 23.3 Å². The number of carbonyl (C=O) groups excluding carboxylic acids is 1. The molecule has 1 atom stereocenters. The lowest BCUT2D eigenvalue weighted by Crippen LogP contribution is -2.30. The van der Waals surface area contributed by atoms with Gasteiger partial charge in [-0.15, -0.1) is 24.5 Å². The van der Waals surface area contributed by atoms with Crippen molar-refractivity contribution in [2.75, 3.05) is 0 Å². The summed E-state index contributed by atoms with van der Waals surface area (Å²) in [6.07, 6.45) is -5.22. The molecule has 0 aliphatic heterocycles. The topological polar surface area (TPSA) is 75.6 Å². The SMILES string of the molecule is Cc1ccsc1C(=O)NC(CC(=O)O)c1ccc(OC(F)(F)F)cc1. The van der Waals surface area contributed by atoms with Crippen LogP contribution in [0.15, 0.2) is 35.7 Å². The van der Waals surface area contributed by atoms with Crippen molar-refractivity contribution in [3.05, 3.63) is 51.7 Å². The summed E-state index contributed by atoms with van der Waals surface area (Å²) in [5.74, 6) is -2.01. The summed E-state index contributed by atoms with van der Waals surface area (Å²) < 4.78 is 40.3. The van der Waals surface area contributed by atoms with E-state index in [1.165, 1.54) is 23.5 Å². The molecule has 134 valence electrons. The summed E-state index contributed by atoms with van der Waals surface area (Å²) in [6.45, 7) is 1.75. The van der Waals surface area contributed by atoms with Gasteiger partial charge in [0.15, 0.2) is 0 Å². The number of halogens is 3. The Bertz CT molecular complexity index is 755. The monoisotopic (exact) mass is 373 g/mol. The number of aliphatic carboxylic acids is 1. The van der Waals surface area contributed by atoms with Crippen LogP contribution >= 0.6 is 11.3 Å². The van der Waals surface area contributed by atoms with Gasteiger partial charge < -0.3 is 15.2 Å². The predicted octanol–water partition coefficient (Wildman–Crippen LogP) is 3.90. The normalized spacial score (nSPS) is 12.5. The molecule has 0 fully saturated rings. The van der Waals surface area contributed by atoms with Gasteiger partial charge in [0.25, 0.3) is 5.91 Å². The van der Waals surface area contributed by atoms with Gasteiger partial charge in [0.05, 0.1) is 17.3 Å². The molecule has 9 heteroatoms. The van der Waals surface area contributed by atoms with Crippen LogP contribution < -0.4 is 10.1 Å². The molecule has 1 aromatic heterocycles. The largest absolute Gasteiger partial charge is 0.573 e. The third-order valence-electron chi connectivity index (χ3n) is 3.27. The lowest BCUT2D eigenvalue weighted by Gasteiger charge is -2.18. The fraction of sp³-hybridized carbons (Fsp3) is 0.250. The lowest BCUT2D eigenvalue weighted by molar-refractivity contribution is -0.274. The number of hydrogen-bond acceptors (Lipinski definition) is 4. The second-order valence-electron chi connectivity index (χ2n) is 5.17. The number of alkyl halides is 3. The average Bonchev–Trinajstić information content (AvgIpc) is 2.91. The zero-order valence-corrected chi connectivity index (χ0v) is 13.8. The quantitative estimate of drug-likeness (QED) is 0.805. The molecule has 1 heterocycles. The number of aryl methyl sites for hydroxylation is 1. The molecule has 1 aromatic carbocycles. The standard InChI is InChI=1S/C16H14F3NO4S/c1-9-6-7-25-14(9)15(23)20-12(8-13(21)22)10-2-4-11(5-3-10)24-16(17,18)19/h2-7,12H,8H2,1H3,(H,20,23)(H,21,22). The number of rotatable bonds is 6. The second kappa shape index (κ2) is 7.56. The first-order chi connectivity index (χ1) is 11.7. The van der Waals surface area contributed by atoms with Crippen LogP contribution in [0.4, 0.5) is 13.2 Å². The predicted molar refractivity (Wildman–Crippen MR) is 84.6 cm³/mol. The lowest BCUT2D eigenvalue weighted by atomic mass is 10.0. The van der Waals surface area contributed by atoms with Gasteiger partial charge in [-0.3, -0.25) is 9.59 Å². The first kappa shape index (κ1) is 18.8. The maximum atomic E-state index is 12.3. The molecule has 5 nitrogen and oxygen atoms in total. The van der Waals surface area contributed by atoms with Gasteiger partial charge in [-0.1, -0.05) is 12.1 Å². The van der Waals surface area contributed by atoms with Crippen molar-refractivity contribution in [3.63, 3.8) is 0 Å². The molecule has 25 heavy (non-hydrogen) atoms. The van der Waals surface area contributed by atoms with E-state index in [2.05, 4.69) is 10.1 Å². The van der Waals surface area contributed by atoms with Crippen molar-refractivity contribution in [2.45, 2.75) is 25.7 Å². The van der Waals surface area contributed by atoms with Gasteiger partial charge in [-0.25, -0.2) is 0 Å². The molecule has 1 unspecified atom stereocenters. The molecule has 2 N–H and O–H groups in total. The third kappa shape index (κ3) is 5.49. The fourth-order valence-electron chi connectivity index (χ4n) is 2.16. The Labute approximate surface area is 145 Å². The molecule has 0 radical (unpaired) electrons. The number of nitrogens with one attached hydrogen (secondary N) is 1. The molecular weight excluding hydrogens is 359 g/mol. The van der Waals surface area contributed by atoms with Gasteiger partial charge in [0, 0.05) is 0 Å². The Balaban J connectivity index is 2.18. The molecule has 0 bridgehead atoms. The van der Waals surface area contributed by atoms with E-state index in [-0.39, 0.29) is 0 Å². The third-order valence-corrected chi connectivity index (χ3v) is 4.28. The highest BCUT2D eigenvalue weighted by Crippen LogP contribution is 2.26. The van der Waals surface area contributed by atoms with E-state index in [0.29, 0.717) is 10.4 Å². The van der Waals surface area contributed by atoms with Crippen LogP contribution in [0.1, 0.15) is 33.3 Å². The van der Waals surface area contributed by atoms with Crippen LogP contribution in [0, 0.1) is 6.92 Å². The Kier molecular flexibility index (Phi) is 5.68. The highest BCUT2D eigenvalue weighted by atomic mass is 32.1. The van der Waals surface area contributed by atoms with E-state index >= 15 is 0 Å². The van der Waals surface area contributed by atoms with E-state index < -0.39 is 36.5 Å². The minimum Gasteiger partial charge on any atom is -0.481 e. The minimum atomic E-state index is -4.81. The maximum absolute atomic E-state index is 12.3. The summed E-state index contributed by atoms with van der Waals surface area (Å²) >= 11 is 1.22. The van der Waals surface area contributed by atoms with Crippen LogP contribution in [0.5, 0.6) is 5.75 Å². The van der Waals surface area contributed by atoms with E-state index in [1.54, 1.807) is 18.4 Å². The highest BCUT2D eigenvalue weighted by molar-refractivity contribution is 7.12. The Morgan fingerprint density at radius 1 is 1.24 bits per heavy atom. The number of ether oxygens (including phenoxy) is 1. The Morgan fingerprint density at radius 2 is 1.88 bits per heavy atom.